The van der Waals surface area contributed by atoms with Crippen molar-refractivity contribution < 1.29 is 8.42 Å². The van der Waals surface area contributed by atoms with Crippen LogP contribution in [0.25, 0.3) is 0 Å². The first-order valence-corrected chi connectivity index (χ1v) is 7.29. The molecule has 1 aromatic rings. The molecule has 0 bridgehead atoms. The number of nitrogen functional groups attached to an aromatic ring is 1. The fourth-order valence-corrected chi connectivity index (χ4v) is 1.66. The summed E-state index contributed by atoms with van der Waals surface area (Å²) in [6.45, 7) is 6.13. The van der Waals surface area contributed by atoms with Crippen LogP contribution in [0.15, 0.2) is 0 Å². The molecule has 0 saturated carbocycles. The molecule has 3 N–H and O–H groups in total. The minimum atomic E-state index is -3.03. The van der Waals surface area contributed by atoms with Crippen LogP contribution in [0.3, 0.4) is 0 Å². The molecule has 0 aliphatic rings. The van der Waals surface area contributed by atoms with Gasteiger partial charge in [-0.1, -0.05) is 0 Å². The second-order valence-electron chi connectivity index (χ2n) is 5.02. The lowest BCUT2D eigenvalue weighted by atomic mass is 10.1. The first-order chi connectivity index (χ1) is 7.57. The number of aromatic nitrogens is 3. The highest BCUT2D eigenvalue weighted by molar-refractivity contribution is 7.90. The van der Waals surface area contributed by atoms with E-state index in [0.29, 0.717) is 5.95 Å². The van der Waals surface area contributed by atoms with Gasteiger partial charge < -0.3 is 11.1 Å². The first-order valence-electron chi connectivity index (χ1n) is 5.23. The predicted octanol–water partition coefficient (Wildman–Crippen LogP) is 0.115. The molecule has 0 aliphatic heterocycles. The van der Waals surface area contributed by atoms with E-state index in [2.05, 4.69) is 15.4 Å². The van der Waals surface area contributed by atoms with Crippen LogP contribution in [0.2, 0.25) is 0 Å². The third-order valence-electron chi connectivity index (χ3n) is 1.86. The molecule has 7 nitrogen and oxygen atoms in total. The van der Waals surface area contributed by atoms with Gasteiger partial charge in [-0.2, -0.15) is 4.98 Å². The molecule has 0 aromatic carbocycles. The predicted molar refractivity (Wildman–Crippen MR) is 67.5 cm³/mol. The molecule has 1 aromatic heterocycles. The van der Waals surface area contributed by atoms with Gasteiger partial charge in [0.1, 0.15) is 9.84 Å². The number of hydrogen-bond donors (Lipinski definition) is 2. The monoisotopic (exact) mass is 261 g/mol. The minimum Gasteiger partial charge on any atom is -0.368 e. The number of anilines is 2. The molecule has 0 aliphatic carbocycles. The third-order valence-corrected chi connectivity index (χ3v) is 2.79. The summed E-state index contributed by atoms with van der Waals surface area (Å²) in [6.07, 6.45) is 1.18. The zero-order valence-electron chi connectivity index (χ0n) is 10.6. The molecular weight excluding hydrogens is 242 g/mol. The number of nitrogens with two attached hydrogens (primary N) is 1. The van der Waals surface area contributed by atoms with Crippen molar-refractivity contribution in [1.29, 1.82) is 0 Å². The van der Waals surface area contributed by atoms with Crippen molar-refractivity contribution in [1.82, 2.24) is 14.8 Å². The lowest BCUT2D eigenvalue weighted by molar-refractivity contribution is 0.585. The topological polar surface area (TPSA) is 103 Å². The quantitative estimate of drug-likeness (QED) is 0.797. The van der Waals surface area contributed by atoms with Crippen LogP contribution in [0, 0.1) is 0 Å². The van der Waals surface area contributed by atoms with Crippen LogP contribution in [0.5, 0.6) is 0 Å². The van der Waals surface area contributed by atoms with Gasteiger partial charge in [0.25, 0.3) is 0 Å². The number of aryl methyl sites for hydroxylation is 1. The maximum atomic E-state index is 11.0. The lowest BCUT2D eigenvalue weighted by Crippen LogP contribution is -2.27. The molecule has 8 heteroatoms. The van der Waals surface area contributed by atoms with Gasteiger partial charge in [0.2, 0.25) is 11.9 Å². The summed E-state index contributed by atoms with van der Waals surface area (Å²) in [5.41, 5.74) is 5.47. The van der Waals surface area contributed by atoms with Gasteiger partial charge >= 0.3 is 0 Å². The van der Waals surface area contributed by atoms with Crippen molar-refractivity contribution in [2.45, 2.75) is 32.9 Å². The van der Waals surface area contributed by atoms with Crippen LogP contribution < -0.4 is 11.1 Å². The Bertz CT molecular complexity index is 486. The Hall–Kier alpha value is -1.31. The smallest absolute Gasteiger partial charge is 0.244 e. The molecule has 1 heterocycles. The van der Waals surface area contributed by atoms with Crippen LogP contribution in [0.4, 0.5) is 11.9 Å². The summed E-state index contributed by atoms with van der Waals surface area (Å²) in [5.74, 6) is 0.610. The van der Waals surface area contributed by atoms with Crippen LogP contribution >= 0.6 is 0 Å². The molecule has 1 rings (SSSR count). The number of nitrogens with zero attached hydrogens (tertiary/aromatic N) is 3. The Morgan fingerprint density at radius 1 is 1.41 bits per heavy atom. The maximum absolute atomic E-state index is 11.0. The van der Waals surface area contributed by atoms with Crippen molar-refractivity contribution >= 4 is 21.7 Å². The number of hydrogen-bond acceptors (Lipinski definition) is 6. The minimum absolute atomic E-state index is 0.00445. The average Bonchev–Trinajstić information content (AvgIpc) is 2.38. The second kappa shape index (κ2) is 4.52. The molecular formula is C9H19N5O2S. The van der Waals surface area contributed by atoms with E-state index in [1.165, 1.54) is 10.9 Å². The van der Waals surface area contributed by atoms with Gasteiger partial charge in [0, 0.05) is 11.8 Å². The Morgan fingerprint density at radius 2 is 2.00 bits per heavy atom. The summed E-state index contributed by atoms with van der Waals surface area (Å²) >= 11 is 0. The van der Waals surface area contributed by atoms with Crippen molar-refractivity contribution in [2.24, 2.45) is 0 Å². The van der Waals surface area contributed by atoms with E-state index in [0.717, 1.165) is 0 Å². The Balaban J connectivity index is 2.75. The molecule has 0 saturated heterocycles. The van der Waals surface area contributed by atoms with E-state index in [4.69, 9.17) is 5.73 Å². The number of sulfone groups is 1. The molecule has 0 unspecified atom stereocenters. The van der Waals surface area contributed by atoms with E-state index in [-0.39, 0.29) is 23.8 Å². The van der Waals surface area contributed by atoms with E-state index < -0.39 is 9.84 Å². The van der Waals surface area contributed by atoms with Crippen molar-refractivity contribution in [3.63, 3.8) is 0 Å². The molecule has 0 radical (unpaired) electrons. The summed E-state index contributed by atoms with van der Waals surface area (Å²) in [7, 11) is -3.03. The van der Waals surface area contributed by atoms with Crippen molar-refractivity contribution in [3.05, 3.63) is 0 Å². The molecule has 98 valence electrons. The van der Waals surface area contributed by atoms with Gasteiger partial charge in [-0.05, 0) is 20.8 Å². The highest BCUT2D eigenvalue weighted by Gasteiger charge is 2.15. The fraction of sp³-hybridized carbons (Fsp3) is 0.778. The van der Waals surface area contributed by atoms with Crippen molar-refractivity contribution in [2.75, 3.05) is 23.1 Å². The van der Waals surface area contributed by atoms with Crippen molar-refractivity contribution in [3.8, 4) is 0 Å². The van der Waals surface area contributed by atoms with E-state index >= 15 is 0 Å². The van der Waals surface area contributed by atoms with Crippen LogP contribution in [0.1, 0.15) is 20.8 Å². The summed E-state index contributed by atoms with van der Waals surface area (Å²) < 4.78 is 23.5. The van der Waals surface area contributed by atoms with Gasteiger partial charge in [-0.3, -0.25) is 0 Å². The molecule has 0 fully saturated rings. The summed E-state index contributed by atoms with van der Waals surface area (Å²) in [6, 6.07) is 0. The molecule has 0 amide bonds. The van der Waals surface area contributed by atoms with Gasteiger partial charge in [-0.25, -0.2) is 13.1 Å². The highest BCUT2D eigenvalue weighted by atomic mass is 32.2. The fourth-order valence-electron chi connectivity index (χ4n) is 1.16. The standard InChI is InChI=1S/C9H19N5O2S/c1-9(2,3)12-8-11-7(10)14(13-8)5-6-17(4,15)16/h5-6H2,1-4H3,(H3,10,11,12,13). The maximum Gasteiger partial charge on any atom is 0.244 e. The third kappa shape index (κ3) is 5.03. The molecule has 17 heavy (non-hydrogen) atoms. The zero-order chi connectivity index (χ0) is 13.3. The molecule has 0 atom stereocenters. The first kappa shape index (κ1) is 13.8. The Morgan fingerprint density at radius 3 is 2.47 bits per heavy atom. The summed E-state index contributed by atoms with van der Waals surface area (Å²) in [5, 5.41) is 7.17. The van der Waals surface area contributed by atoms with Gasteiger partial charge in [-0.15, -0.1) is 5.10 Å². The zero-order valence-corrected chi connectivity index (χ0v) is 11.4. The Labute approximate surface area is 101 Å². The Kier molecular flexibility index (Phi) is 3.65. The highest BCUT2D eigenvalue weighted by Crippen LogP contribution is 2.11. The normalized spacial score (nSPS) is 12.7. The van der Waals surface area contributed by atoms with E-state index in [9.17, 15) is 8.42 Å². The van der Waals surface area contributed by atoms with Gasteiger partial charge in [0.05, 0.1) is 12.3 Å². The van der Waals surface area contributed by atoms with E-state index in [1.807, 2.05) is 20.8 Å². The van der Waals surface area contributed by atoms with Crippen LogP contribution in [-0.4, -0.2) is 40.7 Å². The largest absolute Gasteiger partial charge is 0.368 e. The number of rotatable bonds is 4. The average molecular weight is 261 g/mol. The second-order valence-corrected chi connectivity index (χ2v) is 7.28. The summed E-state index contributed by atoms with van der Waals surface area (Å²) in [4.78, 5) is 4.02. The SMILES string of the molecule is CC(C)(C)Nc1nc(N)n(CCS(C)(=O)=O)n1. The molecule has 0 spiro atoms. The van der Waals surface area contributed by atoms with E-state index in [1.54, 1.807) is 0 Å². The number of nitrogens with one attached hydrogen (secondary N) is 1. The van der Waals surface area contributed by atoms with Crippen LogP contribution in [-0.2, 0) is 16.4 Å². The van der Waals surface area contributed by atoms with Gasteiger partial charge in [0.15, 0.2) is 0 Å². The lowest BCUT2D eigenvalue weighted by Gasteiger charge is -2.18.